The zero-order chi connectivity index (χ0) is 16.9. The van der Waals surface area contributed by atoms with Crippen molar-refractivity contribution in [3.8, 4) is 5.75 Å². The Morgan fingerprint density at radius 1 is 1.00 bits per heavy atom. The number of benzene rings is 3. The molecule has 3 aromatic rings. The Hall–Kier alpha value is -3.14. The van der Waals surface area contributed by atoms with Gasteiger partial charge in [-0.25, -0.2) is 5.43 Å². The first-order valence-corrected chi connectivity index (χ1v) is 7.83. The van der Waals surface area contributed by atoms with Crippen LogP contribution in [0.1, 0.15) is 29.3 Å². The van der Waals surface area contributed by atoms with Crippen LogP contribution in [0.5, 0.6) is 5.75 Å². The third-order valence-electron chi connectivity index (χ3n) is 3.84. The first-order chi connectivity index (χ1) is 11.7. The van der Waals surface area contributed by atoms with E-state index in [4.69, 9.17) is 0 Å². The first-order valence-electron chi connectivity index (χ1n) is 7.83. The summed E-state index contributed by atoms with van der Waals surface area (Å²) in [4.78, 5) is 12.4. The second-order valence-corrected chi connectivity index (χ2v) is 5.44. The van der Waals surface area contributed by atoms with Gasteiger partial charge < -0.3 is 5.11 Å². The molecule has 120 valence electrons. The molecular weight excluding hydrogens is 300 g/mol. The van der Waals surface area contributed by atoms with E-state index in [1.54, 1.807) is 12.1 Å². The summed E-state index contributed by atoms with van der Waals surface area (Å²) in [5.41, 5.74) is 4.50. The molecule has 4 heteroatoms. The van der Waals surface area contributed by atoms with E-state index < -0.39 is 5.91 Å². The summed E-state index contributed by atoms with van der Waals surface area (Å²) in [6.45, 7) is 1.98. The Bertz CT molecular complexity index is 902. The van der Waals surface area contributed by atoms with E-state index in [0.29, 0.717) is 6.42 Å². The van der Waals surface area contributed by atoms with Gasteiger partial charge in [0, 0.05) is 0 Å². The van der Waals surface area contributed by atoms with Crippen LogP contribution in [0.3, 0.4) is 0 Å². The van der Waals surface area contributed by atoms with Crippen molar-refractivity contribution in [2.75, 3.05) is 0 Å². The number of amides is 1. The van der Waals surface area contributed by atoms with E-state index >= 15 is 0 Å². The van der Waals surface area contributed by atoms with E-state index in [0.717, 1.165) is 22.0 Å². The zero-order valence-corrected chi connectivity index (χ0v) is 13.4. The average molecular weight is 318 g/mol. The van der Waals surface area contributed by atoms with Gasteiger partial charge in [-0.15, -0.1) is 0 Å². The number of hydrogen-bond acceptors (Lipinski definition) is 3. The summed E-state index contributed by atoms with van der Waals surface area (Å²) in [5.74, 6) is -0.487. The SMILES string of the molecule is CC/C(=N\NC(=O)c1cc2ccccc2cc1O)c1ccccc1. The molecule has 0 saturated carbocycles. The smallest absolute Gasteiger partial charge is 0.275 e. The highest BCUT2D eigenvalue weighted by Crippen LogP contribution is 2.24. The molecule has 0 aliphatic carbocycles. The number of rotatable bonds is 4. The molecule has 4 nitrogen and oxygen atoms in total. The summed E-state index contributed by atoms with van der Waals surface area (Å²) < 4.78 is 0. The zero-order valence-electron chi connectivity index (χ0n) is 13.4. The van der Waals surface area contributed by atoms with Crippen LogP contribution in [0.15, 0.2) is 71.8 Å². The van der Waals surface area contributed by atoms with Gasteiger partial charge >= 0.3 is 0 Å². The third-order valence-corrected chi connectivity index (χ3v) is 3.84. The topological polar surface area (TPSA) is 61.7 Å². The molecule has 2 N–H and O–H groups in total. The lowest BCUT2D eigenvalue weighted by atomic mass is 10.1. The molecule has 0 aromatic heterocycles. The number of hydrogen-bond donors (Lipinski definition) is 2. The van der Waals surface area contributed by atoms with Gasteiger partial charge in [-0.3, -0.25) is 4.79 Å². The Morgan fingerprint density at radius 3 is 2.29 bits per heavy atom. The van der Waals surface area contributed by atoms with Crippen LogP contribution in [0.2, 0.25) is 0 Å². The minimum Gasteiger partial charge on any atom is -0.507 e. The quantitative estimate of drug-likeness (QED) is 0.562. The number of nitrogens with zero attached hydrogens (tertiary/aromatic N) is 1. The molecular formula is C20H18N2O2. The predicted octanol–water partition coefficient (Wildman–Crippen LogP) is 4.09. The average Bonchev–Trinajstić information content (AvgIpc) is 2.62. The maximum absolute atomic E-state index is 12.4. The van der Waals surface area contributed by atoms with Gasteiger partial charge in [0.25, 0.3) is 5.91 Å². The first kappa shape index (κ1) is 15.7. The third kappa shape index (κ3) is 3.27. The van der Waals surface area contributed by atoms with Gasteiger partial charge in [0.2, 0.25) is 0 Å². The summed E-state index contributed by atoms with van der Waals surface area (Å²) in [7, 11) is 0. The maximum atomic E-state index is 12.4. The number of carbonyl (C=O) groups is 1. The molecule has 24 heavy (non-hydrogen) atoms. The standard InChI is InChI=1S/C20H18N2O2/c1-2-18(14-8-4-3-5-9-14)21-22-20(24)17-12-15-10-6-7-11-16(15)13-19(17)23/h3-13,23H,2H2,1H3,(H,22,24)/b21-18+. The highest BCUT2D eigenvalue weighted by atomic mass is 16.3. The molecule has 3 rings (SSSR count). The Labute approximate surface area is 140 Å². The molecule has 0 saturated heterocycles. The minimum atomic E-state index is -0.430. The van der Waals surface area contributed by atoms with Crippen molar-refractivity contribution >= 4 is 22.4 Å². The Kier molecular flexibility index (Phi) is 4.57. The minimum absolute atomic E-state index is 0.0563. The Morgan fingerprint density at radius 2 is 1.62 bits per heavy atom. The van der Waals surface area contributed by atoms with Gasteiger partial charge in [-0.05, 0) is 34.9 Å². The van der Waals surface area contributed by atoms with Crippen molar-refractivity contribution in [1.82, 2.24) is 5.43 Å². The summed E-state index contributed by atoms with van der Waals surface area (Å²) in [6, 6.07) is 20.5. The van der Waals surface area contributed by atoms with Crippen molar-refractivity contribution in [3.05, 3.63) is 77.9 Å². The van der Waals surface area contributed by atoms with Crippen molar-refractivity contribution in [2.45, 2.75) is 13.3 Å². The maximum Gasteiger partial charge on any atom is 0.275 e. The van der Waals surface area contributed by atoms with Crippen LogP contribution in [-0.4, -0.2) is 16.7 Å². The highest BCUT2D eigenvalue weighted by molar-refractivity contribution is 6.04. The van der Waals surface area contributed by atoms with Crippen LogP contribution >= 0.6 is 0 Å². The fourth-order valence-electron chi connectivity index (χ4n) is 2.57. The van der Waals surface area contributed by atoms with E-state index in [2.05, 4.69) is 10.5 Å². The van der Waals surface area contributed by atoms with E-state index in [1.165, 1.54) is 0 Å². The fraction of sp³-hybridized carbons (Fsp3) is 0.100. The van der Waals surface area contributed by atoms with Gasteiger partial charge in [-0.1, -0.05) is 61.5 Å². The molecule has 0 aliphatic heterocycles. The number of hydrazone groups is 1. The molecule has 0 radical (unpaired) electrons. The lowest BCUT2D eigenvalue weighted by Crippen LogP contribution is -2.20. The van der Waals surface area contributed by atoms with Crippen molar-refractivity contribution in [1.29, 1.82) is 0 Å². The number of nitrogens with one attached hydrogen (secondary N) is 1. The summed E-state index contributed by atoms with van der Waals surface area (Å²) in [6.07, 6.45) is 0.688. The molecule has 0 fully saturated rings. The summed E-state index contributed by atoms with van der Waals surface area (Å²) >= 11 is 0. The highest BCUT2D eigenvalue weighted by Gasteiger charge is 2.12. The lowest BCUT2D eigenvalue weighted by Gasteiger charge is -2.08. The number of fused-ring (bicyclic) bond motifs is 1. The van der Waals surface area contributed by atoms with Crippen LogP contribution in [0, 0.1) is 0 Å². The van der Waals surface area contributed by atoms with Gasteiger partial charge in [0.15, 0.2) is 0 Å². The van der Waals surface area contributed by atoms with Crippen LogP contribution in [0.25, 0.3) is 10.8 Å². The van der Waals surface area contributed by atoms with Crippen LogP contribution < -0.4 is 5.43 Å². The second kappa shape index (κ2) is 6.96. The molecule has 3 aromatic carbocycles. The molecule has 0 aliphatic rings. The number of phenols is 1. The van der Waals surface area contributed by atoms with Crippen molar-refractivity contribution < 1.29 is 9.90 Å². The van der Waals surface area contributed by atoms with E-state index in [9.17, 15) is 9.90 Å². The van der Waals surface area contributed by atoms with Gasteiger partial charge in [0.1, 0.15) is 5.75 Å². The predicted molar refractivity (Wildman–Crippen MR) is 96.3 cm³/mol. The second-order valence-electron chi connectivity index (χ2n) is 5.44. The van der Waals surface area contributed by atoms with Crippen LogP contribution in [0.4, 0.5) is 0 Å². The van der Waals surface area contributed by atoms with E-state index in [1.807, 2.05) is 61.5 Å². The number of phenolic OH excluding ortho intramolecular Hbond substituents is 1. The number of aromatic hydroxyl groups is 1. The van der Waals surface area contributed by atoms with Crippen molar-refractivity contribution in [2.24, 2.45) is 5.10 Å². The molecule has 0 atom stereocenters. The normalized spacial score (nSPS) is 11.5. The van der Waals surface area contributed by atoms with E-state index in [-0.39, 0.29) is 11.3 Å². The summed E-state index contributed by atoms with van der Waals surface area (Å²) in [5, 5.41) is 16.1. The Balaban J connectivity index is 1.87. The monoisotopic (exact) mass is 318 g/mol. The lowest BCUT2D eigenvalue weighted by molar-refractivity contribution is 0.0952. The largest absolute Gasteiger partial charge is 0.507 e. The van der Waals surface area contributed by atoms with Gasteiger partial charge in [0.05, 0.1) is 11.3 Å². The molecule has 1 amide bonds. The van der Waals surface area contributed by atoms with Gasteiger partial charge in [-0.2, -0.15) is 5.10 Å². The van der Waals surface area contributed by atoms with Crippen LogP contribution in [-0.2, 0) is 0 Å². The van der Waals surface area contributed by atoms with Crippen molar-refractivity contribution in [3.63, 3.8) is 0 Å². The molecule has 0 spiro atoms. The fourth-order valence-corrected chi connectivity index (χ4v) is 2.57. The number of carbonyl (C=O) groups excluding carboxylic acids is 1. The molecule has 0 unspecified atom stereocenters. The molecule has 0 bridgehead atoms. The molecule has 0 heterocycles.